The van der Waals surface area contributed by atoms with Crippen LogP contribution in [-0.2, 0) is 19.9 Å². The first-order valence-electron chi connectivity index (χ1n) is 6.61. The van der Waals surface area contributed by atoms with Gasteiger partial charge in [-0.3, -0.25) is 9.12 Å². The molecule has 0 aliphatic carbocycles. The van der Waals surface area contributed by atoms with Gasteiger partial charge >= 0.3 is 15.2 Å². The van der Waals surface area contributed by atoms with Gasteiger partial charge in [0.1, 0.15) is 18.3 Å². The average Bonchev–Trinajstić information content (AvgIpc) is 3.01. The molecule has 0 radical (unpaired) electrons. The van der Waals surface area contributed by atoms with Crippen LogP contribution < -0.4 is 11.1 Å². The predicted octanol–water partition coefficient (Wildman–Crippen LogP) is -3.97. The second kappa shape index (κ2) is 5.35. The summed E-state index contributed by atoms with van der Waals surface area (Å²) in [5, 5.41) is 38.0. The van der Waals surface area contributed by atoms with Crippen molar-refractivity contribution in [2.75, 3.05) is 6.61 Å². The Bertz CT molecular complexity index is 793. The topological polar surface area (TPSA) is 213 Å². The van der Waals surface area contributed by atoms with Crippen molar-refractivity contribution in [3.05, 3.63) is 12.0 Å². The van der Waals surface area contributed by atoms with Crippen molar-refractivity contribution in [1.82, 2.24) is 14.9 Å². The van der Waals surface area contributed by atoms with Crippen molar-refractivity contribution in [3.63, 3.8) is 0 Å². The SMILES string of the molecule is NC1=Nc2c(ncn2[C@@H]2O[C@H](CO)[C@@H](O)[C@H]2O)C(O)(S(=O)(=O)O)N1. The number of hydrogen-bond acceptors (Lipinski definition) is 11. The molecule has 0 saturated carbocycles. The van der Waals surface area contributed by atoms with Crippen molar-refractivity contribution in [2.45, 2.75) is 29.6 Å². The van der Waals surface area contributed by atoms with Crippen LogP contribution in [0.25, 0.3) is 0 Å². The number of aliphatic hydroxyl groups is 4. The van der Waals surface area contributed by atoms with Crippen LogP contribution in [0.2, 0.25) is 0 Å². The lowest BCUT2D eigenvalue weighted by Crippen LogP contribution is -2.55. The maximum atomic E-state index is 11.5. The lowest BCUT2D eigenvalue weighted by Gasteiger charge is -2.29. The third kappa shape index (κ3) is 2.27. The summed E-state index contributed by atoms with van der Waals surface area (Å²) >= 11 is 0. The van der Waals surface area contributed by atoms with E-state index in [0.717, 1.165) is 10.9 Å². The van der Waals surface area contributed by atoms with Gasteiger partial charge in [-0.05, 0) is 0 Å². The van der Waals surface area contributed by atoms with Crippen molar-refractivity contribution in [1.29, 1.82) is 0 Å². The second-order valence-corrected chi connectivity index (χ2v) is 6.83. The number of guanidine groups is 1. The van der Waals surface area contributed by atoms with Crippen LogP contribution in [0.1, 0.15) is 11.9 Å². The third-order valence-electron chi connectivity index (χ3n) is 3.78. The summed E-state index contributed by atoms with van der Waals surface area (Å²) in [6, 6.07) is 0. The minimum Gasteiger partial charge on any atom is -0.394 e. The number of ether oxygens (including phenoxy) is 1. The van der Waals surface area contributed by atoms with Crippen LogP contribution in [0.5, 0.6) is 0 Å². The molecule has 0 amide bonds. The minimum atomic E-state index is -5.11. The second-order valence-electron chi connectivity index (χ2n) is 5.29. The van der Waals surface area contributed by atoms with E-state index < -0.39 is 58.0 Å². The van der Waals surface area contributed by atoms with Gasteiger partial charge in [-0.1, -0.05) is 0 Å². The van der Waals surface area contributed by atoms with E-state index in [1.165, 1.54) is 0 Å². The molecule has 24 heavy (non-hydrogen) atoms. The molecule has 1 aromatic heterocycles. The van der Waals surface area contributed by atoms with Gasteiger partial charge in [-0.25, -0.2) is 4.98 Å². The van der Waals surface area contributed by atoms with Crippen LogP contribution in [0.3, 0.4) is 0 Å². The monoisotopic (exact) mass is 365 g/mol. The summed E-state index contributed by atoms with van der Waals surface area (Å²) in [7, 11) is -5.11. The summed E-state index contributed by atoms with van der Waals surface area (Å²) in [6.07, 6.45) is -4.31. The van der Waals surface area contributed by atoms with Gasteiger partial charge in [-0.15, -0.1) is 0 Å². The van der Waals surface area contributed by atoms with E-state index in [4.69, 9.17) is 15.6 Å². The third-order valence-corrected chi connectivity index (χ3v) is 4.82. The Hall–Kier alpha value is -1.81. The molecule has 3 heterocycles. The minimum absolute atomic E-state index is 0.318. The number of nitrogens with zero attached hydrogens (tertiary/aromatic N) is 3. The molecular formula is C10H15N5O8S. The van der Waals surface area contributed by atoms with Crippen molar-refractivity contribution >= 4 is 21.9 Å². The van der Waals surface area contributed by atoms with Gasteiger partial charge in [0, 0.05) is 0 Å². The number of aliphatic hydroxyl groups excluding tert-OH is 3. The molecule has 134 valence electrons. The Morgan fingerprint density at radius 1 is 1.42 bits per heavy atom. The van der Waals surface area contributed by atoms with Gasteiger partial charge in [0.2, 0.25) is 0 Å². The maximum Gasteiger partial charge on any atom is 0.321 e. The number of hydrogen-bond donors (Lipinski definition) is 7. The van der Waals surface area contributed by atoms with Crippen LogP contribution >= 0.6 is 0 Å². The quantitative estimate of drug-likeness (QED) is 0.257. The largest absolute Gasteiger partial charge is 0.394 e. The van der Waals surface area contributed by atoms with Crippen LogP contribution in [0.4, 0.5) is 5.82 Å². The van der Waals surface area contributed by atoms with Gasteiger partial charge in [0.15, 0.2) is 23.7 Å². The van der Waals surface area contributed by atoms with Crippen molar-refractivity contribution in [2.24, 2.45) is 10.7 Å². The summed E-state index contributed by atoms with van der Waals surface area (Å²) in [5.74, 6) is -0.864. The molecule has 14 heteroatoms. The molecule has 0 aromatic carbocycles. The summed E-state index contributed by atoms with van der Waals surface area (Å²) in [4.78, 5) is 7.46. The standard InChI is InChI=1S/C10H15N5O8S/c11-9-13-7-6(10(19,14-9)24(20,21)22)12-2-15(7)8-5(18)4(17)3(1-16)23-8/h2-5,8,16-19H,1H2,(H3,11,13,14)(H,20,21,22)/t3-,4-,5-,8-,10?/m1/s1. The van der Waals surface area contributed by atoms with Gasteiger partial charge in [-0.2, -0.15) is 13.4 Å². The highest BCUT2D eigenvalue weighted by Gasteiger charge is 2.52. The zero-order valence-electron chi connectivity index (χ0n) is 11.9. The summed E-state index contributed by atoms with van der Waals surface area (Å²) in [6.45, 7) is -0.576. The number of aromatic nitrogens is 2. The Labute approximate surface area is 134 Å². The van der Waals surface area contributed by atoms with E-state index >= 15 is 0 Å². The Balaban J connectivity index is 2.10. The van der Waals surface area contributed by atoms with Crippen LogP contribution in [0, 0.1) is 0 Å². The fourth-order valence-corrected chi connectivity index (χ4v) is 3.18. The number of rotatable bonds is 3. The highest BCUT2D eigenvalue weighted by Crippen LogP contribution is 2.39. The molecule has 2 aliphatic heterocycles. The van der Waals surface area contributed by atoms with E-state index in [0.29, 0.717) is 0 Å². The first-order chi connectivity index (χ1) is 11.1. The number of nitrogens with two attached hydrogens (primary N) is 1. The van der Waals surface area contributed by atoms with E-state index in [-0.39, 0.29) is 5.82 Å². The van der Waals surface area contributed by atoms with Crippen LogP contribution in [-0.4, -0.2) is 73.8 Å². The molecule has 8 N–H and O–H groups in total. The highest BCUT2D eigenvalue weighted by atomic mass is 32.2. The van der Waals surface area contributed by atoms with Crippen molar-refractivity contribution < 1.29 is 38.1 Å². The highest BCUT2D eigenvalue weighted by molar-refractivity contribution is 7.86. The van der Waals surface area contributed by atoms with Crippen LogP contribution in [0.15, 0.2) is 11.3 Å². The molecule has 3 rings (SSSR count). The molecule has 2 aliphatic rings. The van der Waals surface area contributed by atoms with Gasteiger partial charge < -0.3 is 36.2 Å². The number of nitrogens with one attached hydrogen (secondary N) is 1. The zero-order valence-corrected chi connectivity index (χ0v) is 12.7. The van der Waals surface area contributed by atoms with E-state index in [9.17, 15) is 28.3 Å². The molecule has 1 fully saturated rings. The molecule has 13 nitrogen and oxygen atoms in total. The first kappa shape index (κ1) is 17.0. The summed E-state index contributed by atoms with van der Waals surface area (Å²) in [5.41, 5.74) is 4.83. The van der Waals surface area contributed by atoms with E-state index in [2.05, 4.69) is 9.98 Å². The fourth-order valence-electron chi connectivity index (χ4n) is 2.56. The smallest absolute Gasteiger partial charge is 0.321 e. The predicted molar refractivity (Wildman–Crippen MR) is 75.1 cm³/mol. The number of fused-ring (bicyclic) bond motifs is 1. The molecule has 1 unspecified atom stereocenters. The maximum absolute atomic E-state index is 11.5. The Morgan fingerprint density at radius 3 is 2.62 bits per heavy atom. The van der Waals surface area contributed by atoms with Gasteiger partial charge in [0.25, 0.3) is 0 Å². The fraction of sp³-hybridized carbons (Fsp3) is 0.600. The van der Waals surface area contributed by atoms with Gasteiger partial charge in [0.05, 0.1) is 12.9 Å². The molecule has 1 aromatic rings. The molecule has 0 spiro atoms. The lowest BCUT2D eigenvalue weighted by atomic mass is 10.1. The summed E-state index contributed by atoms with van der Waals surface area (Å²) < 4.78 is 38.5. The first-order valence-corrected chi connectivity index (χ1v) is 8.05. The molecule has 0 bridgehead atoms. The zero-order chi connectivity index (χ0) is 17.9. The lowest BCUT2D eigenvalue weighted by molar-refractivity contribution is -0.0521. The Morgan fingerprint density at radius 2 is 2.08 bits per heavy atom. The molecule has 1 saturated heterocycles. The Kier molecular flexibility index (Phi) is 3.79. The molecular weight excluding hydrogens is 350 g/mol. The number of imidazole rings is 1. The van der Waals surface area contributed by atoms with Crippen molar-refractivity contribution in [3.8, 4) is 0 Å². The van der Waals surface area contributed by atoms with E-state index in [1.54, 1.807) is 0 Å². The molecule has 5 atom stereocenters. The average molecular weight is 365 g/mol. The normalized spacial score (nSPS) is 36.1. The van der Waals surface area contributed by atoms with E-state index in [1.807, 2.05) is 5.32 Å². The number of aliphatic imine (C=N–C) groups is 1.